The number of fused-ring (bicyclic) bond motifs is 1. The van der Waals surface area contributed by atoms with E-state index < -0.39 is 0 Å². The minimum Gasteiger partial charge on any atom is -0.323 e. The maximum Gasteiger partial charge on any atom is 0.151 e. The smallest absolute Gasteiger partial charge is 0.151 e. The van der Waals surface area contributed by atoms with Gasteiger partial charge in [-0.1, -0.05) is 26.8 Å². The first-order valence-electron chi connectivity index (χ1n) is 6.54. The molecule has 2 unspecified atom stereocenters. The normalized spacial score (nSPS) is 15.7. The van der Waals surface area contributed by atoms with E-state index in [4.69, 9.17) is 11.6 Å². The molecule has 0 fully saturated rings. The first-order chi connectivity index (χ1) is 8.73. The Morgan fingerprint density at radius 3 is 2.42 bits per heavy atom. The van der Waals surface area contributed by atoms with Crippen molar-refractivity contribution in [3.05, 3.63) is 29.8 Å². The van der Waals surface area contributed by atoms with Gasteiger partial charge in [0.2, 0.25) is 0 Å². The predicted octanol–water partition coefficient (Wildman–Crippen LogP) is 5.08. The van der Waals surface area contributed by atoms with Crippen LogP contribution in [-0.2, 0) is 0 Å². The van der Waals surface area contributed by atoms with E-state index in [9.17, 15) is 4.39 Å². The molecule has 19 heavy (non-hydrogen) atoms. The summed E-state index contributed by atoms with van der Waals surface area (Å²) in [7, 11) is 0. The molecule has 2 aromatic rings. The van der Waals surface area contributed by atoms with Crippen LogP contribution in [0.3, 0.4) is 0 Å². The number of imidazole rings is 1. The van der Waals surface area contributed by atoms with E-state index in [-0.39, 0.29) is 22.7 Å². The Balaban J connectivity index is 2.76. The molecule has 2 rings (SSSR count). The number of aromatic nitrogens is 2. The summed E-state index contributed by atoms with van der Waals surface area (Å²) < 4.78 is 15.9. The van der Waals surface area contributed by atoms with Crippen LogP contribution in [0.1, 0.15) is 51.9 Å². The molecule has 1 heterocycles. The van der Waals surface area contributed by atoms with Gasteiger partial charge in [0, 0.05) is 6.04 Å². The van der Waals surface area contributed by atoms with E-state index in [0.29, 0.717) is 5.52 Å². The SMILES string of the molecule is CC(Cl)c1nc2c(F)cccc2n1C(C)C(C)(C)C. The Morgan fingerprint density at radius 1 is 1.26 bits per heavy atom. The molecule has 0 bridgehead atoms. The fourth-order valence-electron chi connectivity index (χ4n) is 2.18. The molecule has 1 aromatic carbocycles. The minimum atomic E-state index is -0.295. The number of alkyl halides is 1. The van der Waals surface area contributed by atoms with Crippen molar-refractivity contribution in [2.45, 2.75) is 46.0 Å². The fourth-order valence-corrected chi connectivity index (χ4v) is 2.33. The number of benzene rings is 1. The van der Waals surface area contributed by atoms with Crippen LogP contribution < -0.4 is 0 Å². The quantitative estimate of drug-likeness (QED) is 0.702. The van der Waals surface area contributed by atoms with E-state index in [0.717, 1.165) is 11.3 Å². The summed E-state index contributed by atoms with van der Waals surface area (Å²) in [5, 5.41) is -0.253. The molecule has 1 aromatic heterocycles. The monoisotopic (exact) mass is 282 g/mol. The van der Waals surface area contributed by atoms with Gasteiger partial charge in [0.1, 0.15) is 11.3 Å². The second-order valence-electron chi connectivity index (χ2n) is 6.11. The average molecular weight is 283 g/mol. The zero-order chi connectivity index (χ0) is 14.4. The summed E-state index contributed by atoms with van der Waals surface area (Å²) in [6.07, 6.45) is 0. The van der Waals surface area contributed by atoms with Crippen molar-refractivity contribution in [2.24, 2.45) is 5.41 Å². The number of nitrogens with zero attached hydrogens (tertiary/aromatic N) is 2. The highest BCUT2D eigenvalue weighted by Gasteiger charge is 2.27. The summed E-state index contributed by atoms with van der Waals surface area (Å²) >= 11 is 6.22. The van der Waals surface area contributed by atoms with Crippen molar-refractivity contribution in [3.63, 3.8) is 0 Å². The number of hydrogen-bond donors (Lipinski definition) is 0. The lowest BCUT2D eigenvalue weighted by Crippen LogP contribution is -2.23. The van der Waals surface area contributed by atoms with Crippen LogP contribution in [0.15, 0.2) is 18.2 Å². The van der Waals surface area contributed by atoms with E-state index in [1.54, 1.807) is 6.07 Å². The highest BCUT2D eigenvalue weighted by atomic mass is 35.5. The van der Waals surface area contributed by atoms with Gasteiger partial charge in [-0.05, 0) is 31.4 Å². The van der Waals surface area contributed by atoms with Gasteiger partial charge < -0.3 is 4.57 Å². The zero-order valence-corrected chi connectivity index (χ0v) is 12.8. The topological polar surface area (TPSA) is 17.8 Å². The molecular weight excluding hydrogens is 263 g/mol. The van der Waals surface area contributed by atoms with Gasteiger partial charge >= 0.3 is 0 Å². The van der Waals surface area contributed by atoms with E-state index in [1.165, 1.54) is 6.07 Å². The highest BCUT2D eigenvalue weighted by molar-refractivity contribution is 6.20. The second kappa shape index (κ2) is 4.78. The Kier molecular flexibility index (Phi) is 3.61. The first kappa shape index (κ1) is 14.3. The van der Waals surface area contributed by atoms with E-state index in [1.807, 2.05) is 13.0 Å². The van der Waals surface area contributed by atoms with Gasteiger partial charge in [-0.15, -0.1) is 11.6 Å². The maximum absolute atomic E-state index is 13.9. The van der Waals surface area contributed by atoms with Crippen molar-refractivity contribution in [1.29, 1.82) is 0 Å². The lowest BCUT2D eigenvalue weighted by atomic mass is 9.87. The molecule has 104 valence electrons. The predicted molar refractivity (Wildman–Crippen MR) is 78.1 cm³/mol. The molecule has 0 aliphatic heterocycles. The van der Waals surface area contributed by atoms with Crippen molar-refractivity contribution in [3.8, 4) is 0 Å². The lowest BCUT2D eigenvalue weighted by molar-refractivity contribution is 0.262. The summed E-state index contributed by atoms with van der Waals surface area (Å²) in [6.45, 7) is 10.5. The summed E-state index contributed by atoms with van der Waals surface area (Å²) in [6, 6.07) is 5.23. The molecular formula is C15H20ClFN2. The van der Waals surface area contributed by atoms with Crippen LogP contribution in [0.25, 0.3) is 11.0 Å². The molecule has 0 radical (unpaired) electrons. The number of para-hydroxylation sites is 1. The Hall–Kier alpha value is -1.09. The van der Waals surface area contributed by atoms with Crippen molar-refractivity contribution < 1.29 is 4.39 Å². The second-order valence-corrected chi connectivity index (χ2v) is 6.76. The molecule has 2 atom stereocenters. The Labute approximate surface area is 118 Å². The molecule has 0 saturated carbocycles. The van der Waals surface area contributed by atoms with Crippen LogP contribution in [0.4, 0.5) is 4.39 Å². The van der Waals surface area contributed by atoms with Crippen LogP contribution in [0.5, 0.6) is 0 Å². The molecule has 0 aliphatic carbocycles. The van der Waals surface area contributed by atoms with Crippen LogP contribution >= 0.6 is 11.6 Å². The highest BCUT2D eigenvalue weighted by Crippen LogP contribution is 2.36. The summed E-state index contributed by atoms with van der Waals surface area (Å²) in [4.78, 5) is 4.40. The third-order valence-electron chi connectivity index (χ3n) is 3.69. The maximum atomic E-state index is 13.9. The third kappa shape index (κ3) is 2.48. The van der Waals surface area contributed by atoms with Gasteiger partial charge in [-0.2, -0.15) is 0 Å². The molecule has 0 N–H and O–H groups in total. The summed E-state index contributed by atoms with van der Waals surface area (Å²) in [5.41, 5.74) is 1.26. The fraction of sp³-hybridized carbons (Fsp3) is 0.533. The van der Waals surface area contributed by atoms with E-state index >= 15 is 0 Å². The van der Waals surface area contributed by atoms with Crippen molar-refractivity contribution in [1.82, 2.24) is 9.55 Å². The standard InChI is InChI=1S/C15H20ClFN2/c1-9(16)14-18-13-11(17)7-6-8-12(13)19(14)10(2)15(3,4)5/h6-10H,1-5H3. The lowest BCUT2D eigenvalue weighted by Gasteiger charge is -2.30. The molecule has 0 amide bonds. The number of hydrogen-bond acceptors (Lipinski definition) is 1. The van der Waals surface area contributed by atoms with Crippen LogP contribution in [-0.4, -0.2) is 9.55 Å². The average Bonchev–Trinajstić information content (AvgIpc) is 2.67. The third-order valence-corrected chi connectivity index (χ3v) is 3.89. The number of halogens is 2. The molecule has 2 nitrogen and oxygen atoms in total. The zero-order valence-electron chi connectivity index (χ0n) is 12.0. The molecule has 4 heteroatoms. The van der Waals surface area contributed by atoms with Gasteiger partial charge in [-0.3, -0.25) is 0 Å². The van der Waals surface area contributed by atoms with Crippen molar-refractivity contribution in [2.75, 3.05) is 0 Å². The van der Waals surface area contributed by atoms with Crippen LogP contribution in [0.2, 0.25) is 0 Å². The molecule has 0 saturated heterocycles. The molecule has 0 aliphatic rings. The van der Waals surface area contributed by atoms with Gasteiger partial charge in [0.15, 0.2) is 5.82 Å². The van der Waals surface area contributed by atoms with Crippen LogP contribution in [0, 0.1) is 11.2 Å². The first-order valence-corrected chi connectivity index (χ1v) is 6.97. The Bertz CT molecular complexity index is 596. The number of rotatable bonds is 2. The van der Waals surface area contributed by atoms with Gasteiger partial charge in [0.05, 0.1) is 10.9 Å². The van der Waals surface area contributed by atoms with E-state index in [2.05, 4.69) is 37.2 Å². The molecule has 0 spiro atoms. The van der Waals surface area contributed by atoms with Gasteiger partial charge in [0.25, 0.3) is 0 Å². The summed E-state index contributed by atoms with van der Waals surface area (Å²) in [5.74, 6) is 0.431. The van der Waals surface area contributed by atoms with Gasteiger partial charge in [-0.25, -0.2) is 9.37 Å². The largest absolute Gasteiger partial charge is 0.323 e. The Morgan fingerprint density at radius 2 is 1.89 bits per heavy atom. The minimum absolute atomic E-state index is 0.0421. The van der Waals surface area contributed by atoms with Crippen molar-refractivity contribution >= 4 is 22.6 Å².